The maximum atomic E-state index is 12.4. The number of ketones is 1. The average Bonchev–Trinajstić information content (AvgIpc) is 2.54. The zero-order valence-corrected chi connectivity index (χ0v) is 13.3. The summed E-state index contributed by atoms with van der Waals surface area (Å²) >= 11 is 0. The van der Waals surface area contributed by atoms with Crippen molar-refractivity contribution in [2.45, 2.75) is 39.0 Å². The van der Waals surface area contributed by atoms with Gasteiger partial charge in [-0.25, -0.2) is 0 Å². The highest BCUT2D eigenvalue weighted by Crippen LogP contribution is 2.10. The molecular weight excluding hydrogens is 274 g/mol. The molecule has 0 atom stereocenters. The lowest BCUT2D eigenvalue weighted by Crippen LogP contribution is -2.21. The molecule has 0 radical (unpaired) electrons. The second-order valence-electron chi connectivity index (χ2n) is 5.64. The lowest BCUT2D eigenvalue weighted by atomic mass is 10.0. The van der Waals surface area contributed by atoms with Gasteiger partial charge in [0.15, 0.2) is 5.78 Å². The quantitative estimate of drug-likeness (QED) is 0.733. The van der Waals surface area contributed by atoms with Crippen LogP contribution >= 0.6 is 0 Å². The number of aromatic nitrogens is 1. The summed E-state index contributed by atoms with van der Waals surface area (Å²) in [5.74, 6) is 0.0410. The lowest BCUT2D eigenvalue weighted by molar-refractivity contribution is 0.0982. The van der Waals surface area contributed by atoms with Crippen LogP contribution in [-0.2, 0) is 19.9 Å². The van der Waals surface area contributed by atoms with E-state index in [4.69, 9.17) is 0 Å². The van der Waals surface area contributed by atoms with Crippen LogP contribution < -0.4 is 5.56 Å². The molecule has 1 heterocycles. The maximum Gasteiger partial charge on any atom is 0.251 e. The van der Waals surface area contributed by atoms with Crippen molar-refractivity contribution in [1.29, 1.82) is 0 Å². The molecular formula is C19H23NO2. The van der Waals surface area contributed by atoms with Gasteiger partial charge in [-0.2, -0.15) is 0 Å². The van der Waals surface area contributed by atoms with Gasteiger partial charge in [-0.05, 0) is 30.9 Å². The zero-order valence-electron chi connectivity index (χ0n) is 13.3. The van der Waals surface area contributed by atoms with Crippen molar-refractivity contribution in [2.24, 2.45) is 7.05 Å². The molecule has 2 rings (SSSR count). The first kappa shape index (κ1) is 16.2. The maximum absolute atomic E-state index is 12.4. The number of unbranched alkanes of at least 4 members (excludes halogenated alkanes) is 1. The summed E-state index contributed by atoms with van der Waals surface area (Å²) in [5.41, 5.74) is 2.53. The van der Waals surface area contributed by atoms with Crippen LogP contribution in [0.15, 0.2) is 47.3 Å². The van der Waals surface area contributed by atoms with Crippen LogP contribution in [0.5, 0.6) is 0 Å². The van der Waals surface area contributed by atoms with Gasteiger partial charge < -0.3 is 4.57 Å². The minimum atomic E-state index is -0.100. The molecule has 2 aromatic rings. The predicted molar refractivity (Wildman–Crippen MR) is 89.4 cm³/mol. The molecule has 22 heavy (non-hydrogen) atoms. The van der Waals surface area contributed by atoms with Gasteiger partial charge in [0, 0.05) is 30.8 Å². The average molecular weight is 297 g/mol. The minimum absolute atomic E-state index is 0.0410. The Kier molecular flexibility index (Phi) is 5.70. The highest BCUT2D eigenvalue weighted by Gasteiger charge is 2.10. The molecule has 0 N–H and O–H groups in total. The van der Waals surface area contributed by atoms with Crippen molar-refractivity contribution in [1.82, 2.24) is 4.57 Å². The summed E-state index contributed by atoms with van der Waals surface area (Å²) in [4.78, 5) is 24.4. The third-order valence-electron chi connectivity index (χ3n) is 3.95. The minimum Gasteiger partial charge on any atom is -0.316 e. The van der Waals surface area contributed by atoms with Gasteiger partial charge >= 0.3 is 0 Å². The van der Waals surface area contributed by atoms with E-state index in [2.05, 4.69) is 6.92 Å². The molecule has 0 saturated heterocycles. The van der Waals surface area contributed by atoms with Gasteiger partial charge in [0.1, 0.15) is 0 Å². The van der Waals surface area contributed by atoms with E-state index < -0.39 is 0 Å². The molecule has 3 nitrogen and oxygen atoms in total. The highest BCUT2D eigenvalue weighted by atomic mass is 16.1. The number of carbonyl (C=O) groups is 1. The predicted octanol–water partition coefficient (Wildman–Crippen LogP) is 3.54. The lowest BCUT2D eigenvalue weighted by Gasteiger charge is -2.10. The first-order valence-electron chi connectivity index (χ1n) is 7.89. The second kappa shape index (κ2) is 7.74. The molecule has 0 fully saturated rings. The number of nitrogens with zero attached hydrogens (tertiary/aromatic N) is 1. The summed E-state index contributed by atoms with van der Waals surface area (Å²) < 4.78 is 1.64. The van der Waals surface area contributed by atoms with Crippen molar-refractivity contribution in [3.63, 3.8) is 0 Å². The smallest absolute Gasteiger partial charge is 0.251 e. The van der Waals surface area contributed by atoms with Crippen LogP contribution in [0.25, 0.3) is 0 Å². The van der Waals surface area contributed by atoms with Gasteiger partial charge in [-0.3, -0.25) is 9.59 Å². The van der Waals surface area contributed by atoms with Crippen molar-refractivity contribution < 1.29 is 4.79 Å². The SMILES string of the molecule is CCCCc1cc(C(=O)CCc2ccccc2)cc(=O)n1C. The number of carbonyl (C=O) groups excluding carboxylic acids is 1. The van der Waals surface area contributed by atoms with Crippen molar-refractivity contribution in [3.05, 3.63) is 69.6 Å². The van der Waals surface area contributed by atoms with Crippen LogP contribution in [0.2, 0.25) is 0 Å². The molecule has 3 heteroatoms. The summed E-state index contributed by atoms with van der Waals surface area (Å²) in [6.07, 6.45) is 4.07. The molecule has 0 saturated carbocycles. The van der Waals surface area contributed by atoms with Crippen LogP contribution in [0.4, 0.5) is 0 Å². The Labute approximate surface area is 131 Å². The Bertz CT molecular complexity index is 686. The number of hydrogen-bond acceptors (Lipinski definition) is 2. The zero-order chi connectivity index (χ0) is 15.9. The number of rotatable bonds is 7. The first-order chi connectivity index (χ1) is 10.6. The van der Waals surface area contributed by atoms with E-state index in [0.717, 1.165) is 30.5 Å². The van der Waals surface area contributed by atoms with Crippen molar-refractivity contribution in [3.8, 4) is 0 Å². The normalized spacial score (nSPS) is 10.6. The number of benzene rings is 1. The highest BCUT2D eigenvalue weighted by molar-refractivity contribution is 5.96. The molecule has 1 aromatic heterocycles. The van der Waals surface area contributed by atoms with E-state index in [-0.39, 0.29) is 11.3 Å². The topological polar surface area (TPSA) is 39.1 Å². The first-order valence-corrected chi connectivity index (χ1v) is 7.89. The van der Waals surface area contributed by atoms with Crippen LogP contribution in [0.3, 0.4) is 0 Å². The molecule has 0 amide bonds. The third-order valence-corrected chi connectivity index (χ3v) is 3.95. The number of hydrogen-bond donors (Lipinski definition) is 0. The Morgan fingerprint density at radius 3 is 2.50 bits per heavy atom. The Hall–Kier alpha value is -2.16. The standard InChI is InChI=1S/C19H23NO2/c1-3-4-10-17-13-16(14-19(22)20(17)2)18(21)12-11-15-8-6-5-7-9-15/h5-9,13-14H,3-4,10-12H2,1-2H3. The number of aryl methyl sites for hydroxylation is 2. The van der Waals surface area contributed by atoms with Crippen LogP contribution in [-0.4, -0.2) is 10.4 Å². The van der Waals surface area contributed by atoms with Crippen molar-refractivity contribution in [2.75, 3.05) is 0 Å². The van der Waals surface area contributed by atoms with E-state index >= 15 is 0 Å². The molecule has 0 bridgehead atoms. The molecule has 0 aliphatic carbocycles. The van der Waals surface area contributed by atoms with E-state index in [1.165, 1.54) is 6.07 Å². The largest absolute Gasteiger partial charge is 0.316 e. The van der Waals surface area contributed by atoms with E-state index in [0.29, 0.717) is 18.4 Å². The van der Waals surface area contributed by atoms with E-state index in [9.17, 15) is 9.59 Å². The van der Waals surface area contributed by atoms with E-state index in [1.807, 2.05) is 36.4 Å². The fourth-order valence-electron chi connectivity index (χ4n) is 2.50. The molecule has 0 spiro atoms. The summed E-state index contributed by atoms with van der Waals surface area (Å²) in [7, 11) is 1.77. The van der Waals surface area contributed by atoms with Gasteiger partial charge in [0.2, 0.25) is 0 Å². The second-order valence-corrected chi connectivity index (χ2v) is 5.64. The fraction of sp³-hybridized carbons (Fsp3) is 0.368. The molecule has 0 aliphatic rings. The summed E-state index contributed by atoms with van der Waals surface area (Å²) in [6, 6.07) is 13.3. The molecule has 0 unspecified atom stereocenters. The van der Waals surface area contributed by atoms with Gasteiger partial charge in [-0.1, -0.05) is 43.7 Å². The Balaban J connectivity index is 2.12. The molecule has 116 valence electrons. The van der Waals surface area contributed by atoms with Gasteiger partial charge in [0.25, 0.3) is 5.56 Å². The monoisotopic (exact) mass is 297 g/mol. The summed E-state index contributed by atoms with van der Waals surface area (Å²) in [6.45, 7) is 2.12. The molecule has 0 aliphatic heterocycles. The van der Waals surface area contributed by atoms with E-state index in [1.54, 1.807) is 11.6 Å². The van der Waals surface area contributed by atoms with Crippen molar-refractivity contribution >= 4 is 5.78 Å². The van der Waals surface area contributed by atoms with Crippen LogP contribution in [0.1, 0.15) is 47.8 Å². The number of Topliss-reactive ketones (excluding diaryl/α,β-unsaturated/α-hetero) is 1. The summed E-state index contributed by atoms with van der Waals surface area (Å²) in [5, 5.41) is 0. The molecule has 1 aromatic carbocycles. The fourth-order valence-corrected chi connectivity index (χ4v) is 2.50. The Morgan fingerprint density at radius 1 is 1.09 bits per heavy atom. The van der Waals surface area contributed by atoms with Gasteiger partial charge in [0.05, 0.1) is 0 Å². The van der Waals surface area contributed by atoms with Crippen LogP contribution in [0, 0.1) is 0 Å². The Morgan fingerprint density at radius 2 is 1.82 bits per heavy atom. The third kappa shape index (κ3) is 4.17. The van der Waals surface area contributed by atoms with Gasteiger partial charge in [-0.15, -0.1) is 0 Å². The number of pyridine rings is 1.